The van der Waals surface area contributed by atoms with Crippen molar-refractivity contribution in [2.75, 3.05) is 6.61 Å². The van der Waals surface area contributed by atoms with Crippen LogP contribution in [0.15, 0.2) is 51.5 Å². The number of nitrogens with zero attached hydrogens (tertiary/aromatic N) is 4. The monoisotopic (exact) mass is 456 g/mol. The van der Waals surface area contributed by atoms with Gasteiger partial charge in [-0.3, -0.25) is 14.0 Å². The summed E-state index contributed by atoms with van der Waals surface area (Å²) in [5, 5.41) is 4.90. The highest BCUT2D eigenvalue weighted by molar-refractivity contribution is 7.07. The number of fused-ring (bicyclic) bond motifs is 1. The Morgan fingerprint density at radius 2 is 2.00 bits per heavy atom. The Balaban J connectivity index is 1.97. The smallest absolute Gasteiger partial charge is 0.338 e. The molecule has 1 aliphatic heterocycles. The minimum atomic E-state index is -0.648. The second-order valence-electron chi connectivity index (χ2n) is 7.20. The number of thiazole rings is 1. The van der Waals surface area contributed by atoms with Crippen LogP contribution in [-0.4, -0.2) is 26.9 Å². The number of carbonyl (C=O) groups excluding carboxylic acids is 1. The minimum Gasteiger partial charge on any atom is -0.463 e. The predicted molar refractivity (Wildman–Crippen MR) is 120 cm³/mol. The van der Waals surface area contributed by atoms with Gasteiger partial charge in [-0.1, -0.05) is 35.1 Å². The first-order valence-electron chi connectivity index (χ1n) is 9.75. The van der Waals surface area contributed by atoms with Gasteiger partial charge in [0.25, 0.3) is 5.56 Å². The van der Waals surface area contributed by atoms with E-state index >= 15 is 0 Å². The van der Waals surface area contributed by atoms with Crippen molar-refractivity contribution in [1.29, 1.82) is 0 Å². The van der Waals surface area contributed by atoms with Crippen LogP contribution in [0.2, 0.25) is 5.02 Å². The van der Waals surface area contributed by atoms with Crippen molar-refractivity contribution in [2.45, 2.75) is 26.8 Å². The fourth-order valence-corrected chi connectivity index (χ4v) is 4.82. The van der Waals surface area contributed by atoms with Gasteiger partial charge in [-0.2, -0.15) is 5.10 Å². The molecule has 1 aliphatic rings. The zero-order chi connectivity index (χ0) is 22.3. The van der Waals surface area contributed by atoms with Crippen molar-refractivity contribution in [3.63, 3.8) is 0 Å². The lowest BCUT2D eigenvalue weighted by Crippen LogP contribution is -2.39. The number of ether oxygens (including phenoxy) is 1. The van der Waals surface area contributed by atoms with Crippen molar-refractivity contribution in [3.05, 3.63) is 83.3 Å². The fraction of sp³-hybridized carbons (Fsp3) is 0.273. The zero-order valence-electron chi connectivity index (χ0n) is 17.5. The van der Waals surface area contributed by atoms with Crippen LogP contribution in [0.25, 0.3) is 6.08 Å². The summed E-state index contributed by atoms with van der Waals surface area (Å²) in [5.41, 5.74) is 3.10. The van der Waals surface area contributed by atoms with Crippen molar-refractivity contribution in [2.24, 2.45) is 12.0 Å². The average molecular weight is 457 g/mol. The van der Waals surface area contributed by atoms with Gasteiger partial charge in [0.15, 0.2) is 4.80 Å². The molecule has 0 N–H and O–H groups in total. The molecule has 0 aliphatic carbocycles. The van der Waals surface area contributed by atoms with E-state index in [4.69, 9.17) is 16.3 Å². The van der Waals surface area contributed by atoms with Crippen LogP contribution in [-0.2, 0) is 16.6 Å². The van der Waals surface area contributed by atoms with E-state index in [9.17, 15) is 9.59 Å². The largest absolute Gasteiger partial charge is 0.463 e. The summed E-state index contributed by atoms with van der Waals surface area (Å²) < 4.78 is 9.08. The standard InChI is InChI=1S/C22H21ClN4O3S/c1-5-30-21(29)18-13(3)24-22-27(19(18)14-6-8-16(23)9-7-14)20(28)17(31-22)10-15-11-26(4)25-12(15)2/h6-11,19H,5H2,1-4H3/b17-10+/t19-/m0/s1. The van der Waals surface area contributed by atoms with Crippen LogP contribution >= 0.6 is 22.9 Å². The average Bonchev–Trinajstić information content (AvgIpc) is 3.19. The highest BCUT2D eigenvalue weighted by Gasteiger charge is 2.33. The van der Waals surface area contributed by atoms with Gasteiger partial charge in [-0.25, -0.2) is 9.79 Å². The Hall–Kier alpha value is -2.97. The SMILES string of the molecule is CCOC(=O)C1=C(C)N=c2s/c(=C/c3cn(C)nc3C)c(=O)n2[C@H]1c1ccc(Cl)cc1. The van der Waals surface area contributed by atoms with Gasteiger partial charge in [0.1, 0.15) is 0 Å². The van der Waals surface area contributed by atoms with Gasteiger partial charge in [0.2, 0.25) is 0 Å². The normalized spacial score (nSPS) is 16.3. The summed E-state index contributed by atoms with van der Waals surface area (Å²) in [6.07, 6.45) is 3.67. The maximum atomic E-state index is 13.5. The lowest BCUT2D eigenvalue weighted by molar-refractivity contribution is -0.139. The first kappa shape index (κ1) is 21.3. The number of benzene rings is 1. The summed E-state index contributed by atoms with van der Waals surface area (Å²) in [5.74, 6) is -0.485. The molecule has 0 saturated heterocycles. The number of hydrogen-bond donors (Lipinski definition) is 0. The predicted octanol–water partition coefficient (Wildman–Crippen LogP) is 2.49. The minimum absolute atomic E-state index is 0.221. The molecule has 2 aromatic heterocycles. The molecular formula is C22H21ClN4O3S. The first-order chi connectivity index (χ1) is 14.8. The van der Waals surface area contributed by atoms with E-state index in [-0.39, 0.29) is 12.2 Å². The highest BCUT2D eigenvalue weighted by atomic mass is 35.5. The second-order valence-corrected chi connectivity index (χ2v) is 8.64. The molecule has 1 aromatic carbocycles. The summed E-state index contributed by atoms with van der Waals surface area (Å²) in [6, 6.07) is 6.46. The van der Waals surface area contributed by atoms with Gasteiger partial charge in [-0.05, 0) is 44.5 Å². The molecule has 0 unspecified atom stereocenters. The van der Waals surface area contributed by atoms with Crippen LogP contribution in [0, 0.1) is 6.92 Å². The summed E-state index contributed by atoms with van der Waals surface area (Å²) in [6.45, 7) is 5.63. The molecule has 0 radical (unpaired) electrons. The Morgan fingerprint density at radius 3 is 2.61 bits per heavy atom. The van der Waals surface area contributed by atoms with Crippen LogP contribution in [0.5, 0.6) is 0 Å². The number of allylic oxidation sites excluding steroid dienone is 1. The number of rotatable bonds is 4. The third-order valence-corrected chi connectivity index (χ3v) is 6.28. The summed E-state index contributed by atoms with van der Waals surface area (Å²) >= 11 is 7.36. The highest BCUT2D eigenvalue weighted by Crippen LogP contribution is 2.31. The van der Waals surface area contributed by atoms with Gasteiger partial charge in [0.05, 0.1) is 34.1 Å². The molecule has 0 saturated carbocycles. The van der Waals surface area contributed by atoms with Crippen molar-refractivity contribution in [1.82, 2.24) is 14.3 Å². The zero-order valence-corrected chi connectivity index (χ0v) is 19.1. The molecule has 0 fully saturated rings. The summed E-state index contributed by atoms with van der Waals surface area (Å²) in [7, 11) is 1.83. The third kappa shape index (κ3) is 3.88. The second kappa shape index (κ2) is 8.28. The number of aryl methyl sites for hydroxylation is 2. The topological polar surface area (TPSA) is 78.5 Å². The van der Waals surface area contributed by atoms with E-state index in [1.807, 2.05) is 38.4 Å². The van der Waals surface area contributed by atoms with Crippen LogP contribution in [0.1, 0.15) is 36.7 Å². The van der Waals surface area contributed by atoms with Gasteiger partial charge < -0.3 is 4.74 Å². The van der Waals surface area contributed by atoms with Crippen LogP contribution in [0.3, 0.4) is 0 Å². The Kier molecular flexibility index (Phi) is 5.68. The molecule has 7 nitrogen and oxygen atoms in total. The molecule has 1 atom stereocenters. The Bertz CT molecular complexity index is 1380. The van der Waals surface area contributed by atoms with E-state index in [0.29, 0.717) is 25.6 Å². The maximum absolute atomic E-state index is 13.5. The summed E-state index contributed by atoms with van der Waals surface area (Å²) in [4.78, 5) is 31.4. The molecule has 31 heavy (non-hydrogen) atoms. The van der Waals surface area contributed by atoms with Gasteiger partial charge >= 0.3 is 5.97 Å². The van der Waals surface area contributed by atoms with Crippen molar-refractivity contribution < 1.29 is 9.53 Å². The van der Waals surface area contributed by atoms with E-state index in [0.717, 1.165) is 16.8 Å². The van der Waals surface area contributed by atoms with Crippen molar-refractivity contribution >= 4 is 35.0 Å². The molecule has 0 bridgehead atoms. The van der Waals surface area contributed by atoms with E-state index in [1.54, 1.807) is 35.2 Å². The number of hydrogen-bond acceptors (Lipinski definition) is 6. The maximum Gasteiger partial charge on any atom is 0.338 e. The molecule has 160 valence electrons. The number of halogens is 1. The number of carbonyl (C=O) groups is 1. The molecule has 9 heteroatoms. The molecule has 0 amide bonds. The Morgan fingerprint density at radius 1 is 1.29 bits per heavy atom. The molecule has 0 spiro atoms. The molecule has 3 aromatic rings. The van der Waals surface area contributed by atoms with Gasteiger partial charge in [0, 0.05) is 23.8 Å². The van der Waals surface area contributed by atoms with Crippen LogP contribution < -0.4 is 14.9 Å². The lowest BCUT2D eigenvalue weighted by atomic mass is 9.96. The molecule has 3 heterocycles. The Labute approximate surface area is 187 Å². The number of aromatic nitrogens is 3. The third-order valence-electron chi connectivity index (χ3n) is 5.04. The quantitative estimate of drug-likeness (QED) is 0.565. The van der Waals surface area contributed by atoms with Gasteiger partial charge in [-0.15, -0.1) is 0 Å². The van der Waals surface area contributed by atoms with E-state index < -0.39 is 12.0 Å². The molecule has 4 rings (SSSR count). The fourth-order valence-electron chi connectivity index (χ4n) is 3.65. The van der Waals surface area contributed by atoms with E-state index in [1.165, 1.54) is 11.3 Å². The van der Waals surface area contributed by atoms with E-state index in [2.05, 4.69) is 10.1 Å². The lowest BCUT2D eigenvalue weighted by Gasteiger charge is -2.24. The first-order valence-corrected chi connectivity index (χ1v) is 10.9. The number of esters is 1. The van der Waals surface area contributed by atoms with Crippen molar-refractivity contribution in [3.8, 4) is 0 Å². The molecular weight excluding hydrogens is 436 g/mol. The van der Waals surface area contributed by atoms with Crippen LogP contribution in [0.4, 0.5) is 0 Å².